The smallest absolute Gasteiger partial charge is 0.170 e. The van der Waals surface area contributed by atoms with Crippen molar-refractivity contribution in [3.05, 3.63) is 78.4 Å². The molecule has 3 aromatic carbocycles. The van der Waals surface area contributed by atoms with Crippen LogP contribution in [0.2, 0.25) is 0 Å². The maximum Gasteiger partial charge on any atom is 0.170 e. The van der Waals surface area contributed by atoms with E-state index in [1.165, 1.54) is 25.0 Å². The summed E-state index contributed by atoms with van der Waals surface area (Å²) in [6, 6.07) is 20.5. The summed E-state index contributed by atoms with van der Waals surface area (Å²) in [5, 5.41) is 0. The van der Waals surface area contributed by atoms with Crippen molar-refractivity contribution in [1.82, 2.24) is 0 Å². The van der Waals surface area contributed by atoms with E-state index in [1.54, 1.807) is 0 Å². The van der Waals surface area contributed by atoms with E-state index < -0.39 is 10.9 Å². The highest BCUT2D eigenvalue weighted by molar-refractivity contribution is 7.97. The molecule has 0 amide bonds. The molecule has 0 radical (unpaired) electrons. The van der Waals surface area contributed by atoms with E-state index in [9.17, 15) is 8.78 Å². The predicted molar refractivity (Wildman–Crippen MR) is 146 cm³/mol. The summed E-state index contributed by atoms with van der Waals surface area (Å²) in [6.45, 7) is 4.18. The standard InChI is InChI=1S/C32H37F2O2S/c1-31(18-8-4-9-19-31)35-29-22-25(14-16-27(29)33)37(24-12-6-3-7-13-24)26-15-17-28(34)30(23-26)36-32(2)20-10-5-11-21-32/h3,6-7,12-17,22-23H,4-5,8-11,18-21H2,1-2H3/q+1. The van der Waals surface area contributed by atoms with Gasteiger partial charge >= 0.3 is 0 Å². The normalized spacial score (nSPS) is 18.9. The van der Waals surface area contributed by atoms with Gasteiger partial charge in [-0.1, -0.05) is 31.0 Å². The van der Waals surface area contributed by atoms with Gasteiger partial charge in [0.25, 0.3) is 0 Å². The lowest BCUT2D eigenvalue weighted by atomic mass is 9.86. The Balaban J connectivity index is 1.52. The summed E-state index contributed by atoms with van der Waals surface area (Å²) in [5.74, 6) is -0.103. The average molecular weight is 524 g/mol. The van der Waals surface area contributed by atoms with Gasteiger partial charge in [-0.2, -0.15) is 0 Å². The number of rotatable bonds is 7. The highest BCUT2D eigenvalue weighted by Crippen LogP contribution is 2.40. The number of halogens is 2. The zero-order valence-electron chi connectivity index (χ0n) is 21.9. The van der Waals surface area contributed by atoms with Crippen LogP contribution in [0.3, 0.4) is 0 Å². The van der Waals surface area contributed by atoms with Gasteiger partial charge in [0.05, 0.1) is 10.9 Å². The minimum absolute atomic E-state index is 0.295. The molecule has 2 aliphatic carbocycles. The zero-order chi connectivity index (χ0) is 25.9. The van der Waals surface area contributed by atoms with Crippen LogP contribution in [0.4, 0.5) is 8.78 Å². The molecule has 2 saturated carbocycles. The first-order chi connectivity index (χ1) is 17.8. The Morgan fingerprint density at radius 1 is 0.568 bits per heavy atom. The monoisotopic (exact) mass is 523 g/mol. The lowest BCUT2D eigenvalue weighted by molar-refractivity contribution is 0.0443. The first kappa shape index (κ1) is 26.1. The van der Waals surface area contributed by atoms with Crippen molar-refractivity contribution in [3.63, 3.8) is 0 Å². The van der Waals surface area contributed by atoms with Crippen molar-refractivity contribution in [1.29, 1.82) is 0 Å². The van der Waals surface area contributed by atoms with Gasteiger partial charge in [-0.25, -0.2) is 8.78 Å². The molecule has 0 N–H and O–H groups in total. The van der Waals surface area contributed by atoms with Crippen LogP contribution in [0, 0.1) is 11.6 Å². The van der Waals surface area contributed by atoms with Gasteiger partial charge in [0, 0.05) is 12.1 Å². The topological polar surface area (TPSA) is 18.5 Å². The molecule has 196 valence electrons. The van der Waals surface area contributed by atoms with Crippen LogP contribution in [0.15, 0.2) is 81.4 Å². The Labute approximate surface area is 222 Å². The molecule has 5 rings (SSSR count). The van der Waals surface area contributed by atoms with E-state index >= 15 is 0 Å². The van der Waals surface area contributed by atoms with E-state index in [0.717, 1.165) is 66.1 Å². The van der Waals surface area contributed by atoms with Gasteiger partial charge in [-0.05, 0) is 102 Å². The molecule has 2 aliphatic rings. The van der Waals surface area contributed by atoms with Crippen LogP contribution < -0.4 is 9.47 Å². The summed E-state index contributed by atoms with van der Waals surface area (Å²) >= 11 is 0. The first-order valence-corrected chi connectivity index (χ1v) is 14.8. The molecule has 2 nitrogen and oxygen atoms in total. The maximum atomic E-state index is 15.0. The van der Waals surface area contributed by atoms with Crippen molar-refractivity contribution >= 4 is 10.9 Å². The molecule has 0 saturated heterocycles. The average Bonchev–Trinajstić information content (AvgIpc) is 2.89. The second-order valence-corrected chi connectivity index (χ2v) is 13.1. The Kier molecular flexibility index (Phi) is 7.80. The van der Waals surface area contributed by atoms with Crippen LogP contribution in [-0.2, 0) is 10.9 Å². The van der Waals surface area contributed by atoms with Gasteiger partial charge in [0.15, 0.2) is 37.8 Å². The molecule has 0 spiro atoms. The minimum Gasteiger partial charge on any atom is -0.484 e. The lowest BCUT2D eigenvalue weighted by Crippen LogP contribution is -2.35. The quantitative estimate of drug-likeness (QED) is 0.287. The van der Waals surface area contributed by atoms with E-state index in [2.05, 4.69) is 26.0 Å². The van der Waals surface area contributed by atoms with Crippen LogP contribution in [0.5, 0.6) is 11.5 Å². The van der Waals surface area contributed by atoms with Crippen molar-refractivity contribution in [2.45, 2.75) is 104 Å². The Morgan fingerprint density at radius 3 is 1.43 bits per heavy atom. The molecule has 0 aromatic heterocycles. The Morgan fingerprint density at radius 2 is 1.00 bits per heavy atom. The van der Waals surface area contributed by atoms with E-state index in [4.69, 9.17) is 9.47 Å². The van der Waals surface area contributed by atoms with Gasteiger partial charge in [0.1, 0.15) is 11.2 Å². The third-order valence-electron chi connectivity index (χ3n) is 7.79. The second-order valence-electron chi connectivity index (χ2n) is 11.0. The van der Waals surface area contributed by atoms with Crippen molar-refractivity contribution in [3.8, 4) is 11.5 Å². The molecule has 3 aromatic rings. The highest BCUT2D eigenvalue weighted by atomic mass is 32.2. The molecule has 0 aliphatic heterocycles. The van der Waals surface area contributed by atoms with E-state index in [0.29, 0.717) is 11.5 Å². The summed E-state index contributed by atoms with van der Waals surface area (Å²) < 4.78 is 42.7. The van der Waals surface area contributed by atoms with Crippen LogP contribution in [-0.4, -0.2) is 11.2 Å². The molecule has 0 atom stereocenters. The largest absolute Gasteiger partial charge is 0.484 e. The Bertz CT molecular complexity index is 1130. The third-order valence-corrected chi connectivity index (χ3v) is 9.99. The fourth-order valence-corrected chi connectivity index (χ4v) is 7.78. The predicted octanol–water partition coefficient (Wildman–Crippen LogP) is 9.26. The van der Waals surface area contributed by atoms with Crippen LogP contribution >= 0.6 is 0 Å². The molecule has 0 bridgehead atoms. The molecule has 0 heterocycles. The molecule has 37 heavy (non-hydrogen) atoms. The fraction of sp³-hybridized carbons (Fsp3) is 0.438. The van der Waals surface area contributed by atoms with Gasteiger partial charge in [-0.15, -0.1) is 0 Å². The van der Waals surface area contributed by atoms with E-state index in [1.807, 2.05) is 42.5 Å². The van der Waals surface area contributed by atoms with Crippen molar-refractivity contribution < 1.29 is 18.3 Å². The SMILES string of the molecule is CC1(Oc2cc([S+](c3ccccc3)c3ccc(F)c(OC4(C)CCCCC4)c3)ccc2F)CCCCC1. The summed E-state index contributed by atoms with van der Waals surface area (Å²) in [6.07, 6.45) is 10.5. The van der Waals surface area contributed by atoms with Gasteiger partial charge in [0.2, 0.25) is 0 Å². The van der Waals surface area contributed by atoms with Gasteiger partial charge < -0.3 is 9.47 Å². The summed E-state index contributed by atoms with van der Waals surface area (Å²) in [5.41, 5.74) is -0.704. The summed E-state index contributed by atoms with van der Waals surface area (Å²) in [7, 11) is -0.585. The van der Waals surface area contributed by atoms with Crippen LogP contribution in [0.1, 0.15) is 78.1 Å². The zero-order valence-corrected chi connectivity index (χ0v) is 22.7. The minimum atomic E-state index is -0.585. The molecular formula is C32H37F2O2S+. The second kappa shape index (κ2) is 11.1. The summed E-state index contributed by atoms with van der Waals surface area (Å²) in [4.78, 5) is 2.94. The number of hydrogen-bond acceptors (Lipinski definition) is 2. The van der Waals surface area contributed by atoms with Crippen molar-refractivity contribution in [2.75, 3.05) is 0 Å². The fourth-order valence-electron chi connectivity index (χ4n) is 5.68. The van der Waals surface area contributed by atoms with Crippen molar-refractivity contribution in [2.24, 2.45) is 0 Å². The molecular weight excluding hydrogens is 486 g/mol. The number of benzene rings is 3. The van der Waals surface area contributed by atoms with E-state index in [-0.39, 0.29) is 22.8 Å². The number of ether oxygens (including phenoxy) is 2. The van der Waals surface area contributed by atoms with Crippen LogP contribution in [0.25, 0.3) is 0 Å². The third kappa shape index (κ3) is 6.14. The first-order valence-electron chi connectivity index (χ1n) is 13.6. The number of hydrogen-bond donors (Lipinski definition) is 0. The molecule has 5 heteroatoms. The Hall–Kier alpha value is -2.53. The lowest BCUT2D eigenvalue weighted by Gasteiger charge is -2.34. The highest BCUT2D eigenvalue weighted by Gasteiger charge is 2.35. The molecule has 2 fully saturated rings. The van der Waals surface area contributed by atoms with Gasteiger partial charge in [-0.3, -0.25) is 0 Å². The molecule has 0 unspecified atom stereocenters. The maximum absolute atomic E-state index is 15.0.